The number of ether oxygens (including phenoxy) is 2. The lowest BCUT2D eigenvalue weighted by atomic mass is 10.2. The second-order valence-corrected chi connectivity index (χ2v) is 14.6. The molecule has 13 nitrogen and oxygen atoms in total. The van der Waals surface area contributed by atoms with Crippen molar-refractivity contribution in [2.24, 2.45) is 10.2 Å². The van der Waals surface area contributed by atoms with E-state index in [-0.39, 0.29) is 25.2 Å². The molecule has 4 rings (SSSR count). The molecule has 0 spiro atoms. The second kappa shape index (κ2) is 38.2. The number of hydrogen-bond donors (Lipinski definition) is 2. The van der Waals surface area contributed by atoms with Crippen molar-refractivity contribution in [2.45, 2.75) is 76.3 Å². The molecule has 0 heterocycles. The zero-order valence-electron chi connectivity index (χ0n) is 35.8. The summed E-state index contributed by atoms with van der Waals surface area (Å²) in [5, 5.41) is 24.3. The van der Waals surface area contributed by atoms with Gasteiger partial charge >= 0.3 is 11.9 Å². The summed E-state index contributed by atoms with van der Waals surface area (Å²) in [6, 6.07) is 33.3. The highest BCUT2D eigenvalue weighted by atomic mass is 36.0. The van der Waals surface area contributed by atoms with Crippen LogP contribution >= 0.6 is 44.6 Å². The molecule has 18 heteroatoms. The highest BCUT2D eigenvalue weighted by molar-refractivity contribution is 8.26. The first kappa shape index (κ1) is 49.8. The fraction of sp³-hybridized carbons (Fsp3) is 0.350. The topological polar surface area (TPSA) is 208 Å². The predicted molar refractivity (Wildman–Crippen MR) is 237 cm³/mol. The molecule has 0 aliphatic carbocycles. The van der Waals surface area contributed by atoms with Gasteiger partial charge in [-0.15, -0.1) is 23.2 Å². The van der Waals surface area contributed by atoms with Gasteiger partial charge in [0.15, 0.2) is 0 Å². The van der Waals surface area contributed by atoms with Crippen molar-refractivity contribution in [3.05, 3.63) is 152 Å². The van der Waals surface area contributed by atoms with Crippen molar-refractivity contribution < 1.29 is 39.4 Å². The van der Waals surface area contributed by atoms with Crippen molar-refractivity contribution in [2.75, 3.05) is 13.1 Å². The molecular weight excluding hydrogens is 850 g/mol. The standard InChI is InChI=1S/C13H16ClN3O2.C13H17N3O3.C7H7Cl.C7H8O.Cl2OS.2H2/c14-10-11-5-7-12(8-6-11)19-13(18)4-2-1-3-9-16-17-15;14-16-15-9-3-1-2-4-13(18)19-12-7-5-11(10-17)6-8-12;2*8-6-7-4-2-1-3-5-7;1-4(2)3;;/h5-8H,1-4,9-10H2;5-8,17H,1-4,9-10H2;1-5H,6H2;1-5,8H,6H2;;2*1H/i;;;;;2*1+2T. The van der Waals surface area contributed by atoms with Gasteiger partial charge in [-0.2, -0.15) is 0 Å². The Labute approximate surface area is 367 Å². The number of halogens is 4. The first-order chi connectivity index (χ1) is 30.1. The van der Waals surface area contributed by atoms with Gasteiger partial charge in [0, 0.05) is 74.8 Å². The van der Waals surface area contributed by atoms with Gasteiger partial charge in [0.1, 0.15) is 11.5 Å². The van der Waals surface area contributed by atoms with Crippen LogP contribution in [-0.4, -0.2) is 39.5 Å². The van der Waals surface area contributed by atoms with Crippen molar-refractivity contribution in [1.29, 1.82) is 0 Å². The molecule has 0 aliphatic heterocycles. The fourth-order valence-electron chi connectivity index (χ4n) is 4.17. The third kappa shape index (κ3) is 32.7. The van der Waals surface area contributed by atoms with Crippen molar-refractivity contribution >= 4 is 65.7 Å². The maximum absolute atomic E-state index is 11.5. The SMILES string of the molecule is ClCc1ccccc1.O=S(Cl)Cl.OCc1ccccc1.[3H][3H].[3H][3H].[N-]=[N+]=NCCCCCC(=O)Oc1ccc(CCl)cc1.[N-]=[N+]=NCCCCCC(=O)Oc1ccc(CO)cc1. The number of unbranched alkanes of at least 4 members (excludes halogenated alkanes) is 4. The van der Waals surface area contributed by atoms with Crippen molar-refractivity contribution in [3.63, 3.8) is 0 Å². The summed E-state index contributed by atoms with van der Waals surface area (Å²) in [6.07, 6.45) is 5.42. The number of hydrogen-bond acceptors (Lipinski definition) is 9. The van der Waals surface area contributed by atoms with Crippen LogP contribution in [0.1, 0.15) is 79.6 Å². The molecule has 0 atom stereocenters. The minimum Gasteiger partial charge on any atom is -0.427 e. The Bertz CT molecular complexity index is 1660. The smallest absolute Gasteiger partial charge is 0.311 e. The van der Waals surface area contributed by atoms with Crippen LogP contribution in [0, 0.1) is 0 Å². The van der Waals surface area contributed by atoms with E-state index in [1.54, 1.807) is 36.4 Å². The number of esters is 2. The Morgan fingerprint density at radius 2 is 0.914 bits per heavy atom. The lowest BCUT2D eigenvalue weighted by Gasteiger charge is -2.04. The third-order valence-corrected chi connectivity index (χ3v) is 7.69. The molecule has 0 aliphatic rings. The summed E-state index contributed by atoms with van der Waals surface area (Å²) in [5.74, 6) is 1.55. The van der Waals surface area contributed by atoms with E-state index in [0.29, 0.717) is 55.6 Å². The van der Waals surface area contributed by atoms with E-state index >= 15 is 0 Å². The van der Waals surface area contributed by atoms with Gasteiger partial charge in [-0.1, -0.05) is 108 Å². The lowest BCUT2D eigenvalue weighted by molar-refractivity contribution is -0.135. The lowest BCUT2D eigenvalue weighted by Crippen LogP contribution is -2.07. The van der Waals surface area contributed by atoms with Crippen LogP contribution in [0.15, 0.2) is 119 Å². The van der Waals surface area contributed by atoms with Crippen LogP contribution in [0.5, 0.6) is 11.5 Å². The zero-order valence-corrected chi connectivity index (χ0v) is 35.7. The number of aliphatic hydroxyl groups is 2. The number of aliphatic hydroxyl groups excluding tert-OH is 2. The molecule has 0 aromatic heterocycles. The molecule has 0 saturated carbocycles. The monoisotopic (exact) mass is 908 g/mol. The van der Waals surface area contributed by atoms with E-state index in [0.717, 1.165) is 48.8 Å². The summed E-state index contributed by atoms with van der Waals surface area (Å²) < 4.78 is 39.4. The molecule has 4 aromatic carbocycles. The molecule has 0 unspecified atom stereocenters. The van der Waals surface area contributed by atoms with Crippen molar-refractivity contribution in [1.82, 2.24) is 0 Å². The van der Waals surface area contributed by atoms with Gasteiger partial charge in [0.05, 0.1) is 13.2 Å². The molecule has 0 bridgehead atoms. The summed E-state index contributed by atoms with van der Waals surface area (Å²) in [5.41, 5.74) is 20.1. The largest absolute Gasteiger partial charge is 0.427 e. The average molecular weight is 911 g/mol. The van der Waals surface area contributed by atoms with Gasteiger partial charge in [0.25, 0.3) is 0 Å². The average Bonchev–Trinajstić information content (AvgIpc) is 3.31. The van der Waals surface area contributed by atoms with Crippen LogP contribution in [0.4, 0.5) is 0 Å². The molecule has 0 fully saturated rings. The maximum Gasteiger partial charge on any atom is 0.311 e. The van der Waals surface area contributed by atoms with E-state index < -0.39 is 9.23 Å². The van der Waals surface area contributed by atoms with Crippen LogP contribution < -0.4 is 9.47 Å². The van der Waals surface area contributed by atoms with Gasteiger partial charge in [0.2, 0.25) is 9.23 Å². The summed E-state index contributed by atoms with van der Waals surface area (Å²) in [7, 11) is 7.36. The summed E-state index contributed by atoms with van der Waals surface area (Å²) >= 11 is 11.2. The summed E-state index contributed by atoms with van der Waals surface area (Å²) in [4.78, 5) is 28.3. The van der Waals surface area contributed by atoms with Crippen LogP contribution in [0.2, 0.25) is 0 Å². The number of rotatable bonds is 18. The van der Waals surface area contributed by atoms with E-state index in [4.69, 9.17) is 64.1 Å². The number of nitrogens with zero attached hydrogens (tertiary/aromatic N) is 6. The Hall–Kier alpha value is -4.33. The molecule has 0 radical (unpaired) electrons. The van der Waals surface area contributed by atoms with E-state index in [2.05, 4.69) is 41.4 Å². The Balaban J connectivity index is -0.000000746. The van der Waals surface area contributed by atoms with Gasteiger partial charge in [-0.25, -0.2) is 4.21 Å². The first-order valence-electron chi connectivity index (χ1n) is 19.9. The van der Waals surface area contributed by atoms with E-state index in [1.807, 2.05) is 72.8 Å². The Morgan fingerprint density at radius 3 is 1.22 bits per heavy atom. The predicted octanol–water partition coefficient (Wildman–Crippen LogP) is 12.3. The molecule has 4 aromatic rings. The fourth-order valence-corrected chi connectivity index (χ4v) is 4.53. The third-order valence-electron chi connectivity index (χ3n) is 7.07. The molecular formula is C40H52Cl4N6O7S. The first-order valence-corrected chi connectivity index (χ1v) is 21.8. The zero-order chi connectivity index (χ0) is 47.1. The molecule has 0 saturated heterocycles. The van der Waals surface area contributed by atoms with Crippen LogP contribution in [0.25, 0.3) is 20.9 Å². The van der Waals surface area contributed by atoms with Crippen LogP contribution in [0.3, 0.4) is 0 Å². The van der Waals surface area contributed by atoms with Gasteiger partial charge in [-0.3, -0.25) is 9.59 Å². The minimum atomic E-state index is -1.67. The number of alkyl halides is 2. The van der Waals surface area contributed by atoms with E-state index in [9.17, 15) is 9.59 Å². The highest BCUT2D eigenvalue weighted by Crippen LogP contribution is 2.16. The highest BCUT2D eigenvalue weighted by Gasteiger charge is 2.06. The van der Waals surface area contributed by atoms with Crippen LogP contribution in [-0.2, 0) is 43.8 Å². The Morgan fingerprint density at radius 1 is 0.586 bits per heavy atom. The molecule has 2 N–H and O–H groups in total. The van der Waals surface area contributed by atoms with Crippen molar-refractivity contribution in [3.8, 4) is 11.5 Å². The number of benzene rings is 4. The molecule has 0 amide bonds. The number of carbonyl (C=O) groups excluding carboxylic acids is 2. The van der Waals surface area contributed by atoms with E-state index in [1.165, 1.54) is 5.56 Å². The van der Waals surface area contributed by atoms with Gasteiger partial charge in [-0.05, 0) is 83.3 Å². The number of azide groups is 2. The molecule has 318 valence electrons. The summed E-state index contributed by atoms with van der Waals surface area (Å²) in [6.45, 7) is 1.06. The minimum absolute atomic E-state index is 0.0284. The second-order valence-electron chi connectivity index (χ2n) is 11.5. The van der Waals surface area contributed by atoms with Gasteiger partial charge < -0.3 is 19.7 Å². The maximum atomic E-state index is 11.5. The normalized spacial score (nSPS) is 9.78. The number of carbonyl (C=O) groups is 2. The molecule has 58 heavy (non-hydrogen) atoms. The quantitative estimate of drug-likeness (QED) is 0.0144. The Kier molecular flexibility index (Phi) is 32.8.